The summed E-state index contributed by atoms with van der Waals surface area (Å²) in [5, 5.41) is 7.49. The van der Waals surface area contributed by atoms with Crippen LogP contribution in [0.1, 0.15) is 5.76 Å². The standard InChI is InChI=1S/C19H15Cl2N3O4/c1-9-6-14(23-28-9)24-8-19-5-4-13(27-19)15(16(19)18(24)26)17(25)22-10-2-3-11(20)12(21)7-10/h2-7,13,15-16H,8H2,1H3,(H,22,25)/t13-,15?,16?,19?/m1/s1. The molecule has 2 amide bonds. The molecule has 1 spiro atoms. The summed E-state index contributed by atoms with van der Waals surface area (Å²) < 4.78 is 11.2. The molecule has 1 aromatic heterocycles. The van der Waals surface area contributed by atoms with E-state index in [4.69, 9.17) is 32.5 Å². The maximum atomic E-state index is 13.2. The molecule has 3 unspecified atom stereocenters. The van der Waals surface area contributed by atoms with E-state index in [-0.39, 0.29) is 11.8 Å². The number of carbonyl (C=O) groups is 2. The maximum absolute atomic E-state index is 13.2. The van der Waals surface area contributed by atoms with Gasteiger partial charge in [-0.2, -0.15) is 0 Å². The second-order valence-electron chi connectivity index (χ2n) is 7.24. The molecule has 1 N–H and O–H groups in total. The van der Waals surface area contributed by atoms with Crippen molar-refractivity contribution in [3.05, 3.63) is 52.2 Å². The molecule has 28 heavy (non-hydrogen) atoms. The van der Waals surface area contributed by atoms with Crippen molar-refractivity contribution in [1.82, 2.24) is 5.16 Å². The first-order valence-electron chi connectivity index (χ1n) is 8.76. The number of nitrogens with one attached hydrogen (secondary N) is 1. The summed E-state index contributed by atoms with van der Waals surface area (Å²) in [6.07, 6.45) is 3.29. The lowest BCUT2D eigenvalue weighted by Gasteiger charge is -2.23. The second-order valence-corrected chi connectivity index (χ2v) is 8.05. The van der Waals surface area contributed by atoms with E-state index in [1.807, 2.05) is 12.2 Å². The molecule has 0 aliphatic carbocycles. The molecule has 9 heteroatoms. The van der Waals surface area contributed by atoms with Crippen molar-refractivity contribution >= 4 is 46.5 Å². The summed E-state index contributed by atoms with van der Waals surface area (Å²) >= 11 is 11.9. The first-order valence-corrected chi connectivity index (χ1v) is 9.51. The molecule has 4 atom stereocenters. The lowest BCUT2D eigenvalue weighted by atomic mass is 9.77. The number of aryl methyl sites for hydroxylation is 1. The number of nitrogens with zero attached hydrogens (tertiary/aromatic N) is 2. The van der Waals surface area contributed by atoms with Crippen LogP contribution in [0.25, 0.3) is 0 Å². The molecule has 3 aliphatic heterocycles. The molecule has 4 heterocycles. The van der Waals surface area contributed by atoms with Crippen molar-refractivity contribution in [3.63, 3.8) is 0 Å². The van der Waals surface area contributed by atoms with E-state index in [0.29, 0.717) is 33.9 Å². The van der Waals surface area contributed by atoms with E-state index in [1.54, 1.807) is 31.2 Å². The van der Waals surface area contributed by atoms with Crippen LogP contribution in [-0.2, 0) is 14.3 Å². The molecule has 2 aromatic rings. The molecule has 0 radical (unpaired) electrons. The van der Waals surface area contributed by atoms with Gasteiger partial charge in [0.25, 0.3) is 0 Å². The summed E-state index contributed by atoms with van der Waals surface area (Å²) in [5.74, 6) is -0.741. The highest BCUT2D eigenvalue weighted by Crippen LogP contribution is 2.52. The highest BCUT2D eigenvalue weighted by Gasteiger charge is 2.67. The molecule has 5 rings (SSSR count). The van der Waals surface area contributed by atoms with Crippen LogP contribution in [0.15, 0.2) is 40.9 Å². The quantitative estimate of drug-likeness (QED) is 0.771. The molecule has 7 nitrogen and oxygen atoms in total. The average molecular weight is 420 g/mol. The van der Waals surface area contributed by atoms with Gasteiger partial charge in [0.1, 0.15) is 11.4 Å². The molecular formula is C19H15Cl2N3O4. The maximum Gasteiger partial charge on any atom is 0.235 e. The Morgan fingerprint density at radius 2 is 2.14 bits per heavy atom. The van der Waals surface area contributed by atoms with Crippen LogP contribution < -0.4 is 10.2 Å². The van der Waals surface area contributed by atoms with Crippen LogP contribution in [-0.4, -0.2) is 35.2 Å². The van der Waals surface area contributed by atoms with E-state index in [0.717, 1.165) is 0 Å². The molecule has 2 saturated heterocycles. The number of ether oxygens (including phenoxy) is 1. The Morgan fingerprint density at radius 3 is 2.86 bits per heavy atom. The number of benzene rings is 1. The molecular weight excluding hydrogens is 405 g/mol. The third-order valence-electron chi connectivity index (χ3n) is 5.48. The zero-order valence-corrected chi connectivity index (χ0v) is 16.2. The van der Waals surface area contributed by atoms with Gasteiger partial charge < -0.3 is 14.6 Å². The van der Waals surface area contributed by atoms with E-state index in [1.165, 1.54) is 4.90 Å². The van der Waals surface area contributed by atoms with E-state index in [2.05, 4.69) is 10.5 Å². The van der Waals surface area contributed by atoms with Crippen molar-refractivity contribution in [2.45, 2.75) is 18.6 Å². The normalized spacial score (nSPS) is 30.2. The topological polar surface area (TPSA) is 84.7 Å². The molecule has 2 fully saturated rings. The van der Waals surface area contributed by atoms with Crippen LogP contribution in [0.5, 0.6) is 0 Å². The predicted octanol–water partition coefficient (Wildman–Crippen LogP) is 3.21. The monoisotopic (exact) mass is 419 g/mol. The van der Waals surface area contributed by atoms with Crippen molar-refractivity contribution in [2.24, 2.45) is 11.8 Å². The summed E-state index contributed by atoms with van der Waals surface area (Å²) in [6.45, 7) is 2.05. The molecule has 1 aromatic carbocycles. The number of rotatable bonds is 3. The highest BCUT2D eigenvalue weighted by molar-refractivity contribution is 6.42. The number of anilines is 2. The van der Waals surface area contributed by atoms with E-state index in [9.17, 15) is 9.59 Å². The molecule has 3 aliphatic rings. The number of aromatic nitrogens is 1. The first kappa shape index (κ1) is 17.7. The number of amides is 2. The zero-order valence-electron chi connectivity index (χ0n) is 14.7. The van der Waals surface area contributed by atoms with Crippen molar-refractivity contribution < 1.29 is 18.8 Å². The van der Waals surface area contributed by atoms with Gasteiger partial charge in [-0.3, -0.25) is 14.5 Å². The van der Waals surface area contributed by atoms with Crippen LogP contribution in [0, 0.1) is 18.8 Å². The van der Waals surface area contributed by atoms with Gasteiger partial charge in [0.05, 0.1) is 34.5 Å². The van der Waals surface area contributed by atoms with Crippen LogP contribution >= 0.6 is 23.2 Å². The minimum atomic E-state index is -0.825. The van der Waals surface area contributed by atoms with Crippen molar-refractivity contribution in [1.29, 1.82) is 0 Å². The van der Waals surface area contributed by atoms with Gasteiger partial charge in [-0.25, -0.2) is 0 Å². The summed E-state index contributed by atoms with van der Waals surface area (Å²) in [4.78, 5) is 27.7. The fraction of sp³-hybridized carbons (Fsp3) is 0.316. The van der Waals surface area contributed by atoms with E-state index >= 15 is 0 Å². The van der Waals surface area contributed by atoms with Gasteiger partial charge in [0.2, 0.25) is 11.8 Å². The van der Waals surface area contributed by atoms with Crippen molar-refractivity contribution in [2.75, 3.05) is 16.8 Å². The molecule has 144 valence electrons. The Balaban J connectivity index is 1.43. The van der Waals surface area contributed by atoms with Crippen molar-refractivity contribution in [3.8, 4) is 0 Å². The third kappa shape index (κ3) is 2.50. The number of fused-ring (bicyclic) bond motifs is 1. The predicted molar refractivity (Wildman–Crippen MR) is 102 cm³/mol. The highest BCUT2D eigenvalue weighted by atomic mass is 35.5. The van der Waals surface area contributed by atoms with Gasteiger partial charge in [0.15, 0.2) is 5.82 Å². The zero-order chi connectivity index (χ0) is 19.6. The molecule has 0 saturated carbocycles. The molecule has 2 bridgehead atoms. The minimum absolute atomic E-state index is 0.200. The smallest absolute Gasteiger partial charge is 0.235 e. The lowest BCUT2D eigenvalue weighted by molar-refractivity contribution is -0.128. The average Bonchev–Trinajstić information content (AvgIpc) is 3.39. The Bertz CT molecular complexity index is 1040. The number of halogens is 2. The Hall–Kier alpha value is -2.35. The van der Waals surface area contributed by atoms with Crippen LogP contribution in [0.2, 0.25) is 10.0 Å². The Kier molecular flexibility index (Phi) is 3.84. The third-order valence-corrected chi connectivity index (χ3v) is 6.22. The minimum Gasteiger partial charge on any atom is -0.360 e. The van der Waals surface area contributed by atoms with Gasteiger partial charge in [-0.05, 0) is 25.1 Å². The van der Waals surface area contributed by atoms with Gasteiger partial charge in [-0.15, -0.1) is 0 Å². The summed E-state index contributed by atoms with van der Waals surface area (Å²) in [6, 6.07) is 6.53. The van der Waals surface area contributed by atoms with Gasteiger partial charge >= 0.3 is 0 Å². The first-order chi connectivity index (χ1) is 13.4. The number of carbonyl (C=O) groups excluding carboxylic acids is 2. The van der Waals surface area contributed by atoms with Crippen LogP contribution in [0.3, 0.4) is 0 Å². The number of hydrogen-bond donors (Lipinski definition) is 1. The second kappa shape index (κ2) is 6.07. The van der Waals surface area contributed by atoms with Gasteiger partial charge in [0, 0.05) is 11.8 Å². The van der Waals surface area contributed by atoms with Crippen LogP contribution in [0.4, 0.5) is 11.5 Å². The van der Waals surface area contributed by atoms with Gasteiger partial charge in [-0.1, -0.05) is 40.5 Å². The Labute approximate surface area is 170 Å². The number of hydrogen-bond acceptors (Lipinski definition) is 5. The van der Waals surface area contributed by atoms with E-state index < -0.39 is 23.5 Å². The summed E-state index contributed by atoms with van der Waals surface area (Å²) in [5.41, 5.74) is -0.316. The Morgan fingerprint density at radius 1 is 1.32 bits per heavy atom. The lowest BCUT2D eigenvalue weighted by Crippen LogP contribution is -2.41. The summed E-state index contributed by atoms with van der Waals surface area (Å²) in [7, 11) is 0. The fourth-order valence-corrected chi connectivity index (χ4v) is 4.57. The largest absolute Gasteiger partial charge is 0.360 e. The SMILES string of the molecule is Cc1cc(N2CC34C=C[C@@H](O3)C(C(=O)Nc3ccc(Cl)c(Cl)c3)C4C2=O)no1. The fourth-order valence-electron chi connectivity index (χ4n) is 4.27.